The van der Waals surface area contributed by atoms with E-state index in [1.165, 1.54) is 4.90 Å². The van der Waals surface area contributed by atoms with Gasteiger partial charge in [-0.05, 0) is 12.8 Å². The van der Waals surface area contributed by atoms with Crippen LogP contribution in [-0.2, 0) is 8.37 Å². The van der Waals surface area contributed by atoms with Crippen molar-refractivity contribution in [3.63, 3.8) is 0 Å². The molecule has 6 heteroatoms. The van der Waals surface area contributed by atoms with Gasteiger partial charge >= 0.3 is 6.09 Å². The molecule has 0 unspecified atom stereocenters. The first-order chi connectivity index (χ1) is 6.22. The van der Waals surface area contributed by atoms with E-state index in [1.54, 1.807) is 0 Å². The topological polar surface area (TPSA) is 59.0 Å². The van der Waals surface area contributed by atoms with Crippen LogP contribution in [0.15, 0.2) is 0 Å². The summed E-state index contributed by atoms with van der Waals surface area (Å²) in [6, 6.07) is 0. The van der Waals surface area contributed by atoms with Crippen LogP contribution >= 0.6 is 12.3 Å². The fourth-order valence-electron chi connectivity index (χ4n) is 1.58. The number of carboxylic acid groups (broad SMARTS) is 1. The van der Waals surface area contributed by atoms with Gasteiger partial charge < -0.3 is 10.0 Å². The third kappa shape index (κ3) is 1.74. The van der Waals surface area contributed by atoms with Gasteiger partial charge in [-0.25, -0.2) is 4.79 Å². The minimum Gasteiger partial charge on any atom is -0.465 e. The summed E-state index contributed by atoms with van der Waals surface area (Å²) < 4.78 is 10.4. The first-order valence-corrected chi connectivity index (χ1v) is 4.84. The average molecular weight is 205 g/mol. The molecule has 2 rings (SSSR count). The van der Waals surface area contributed by atoms with Crippen LogP contribution in [0.3, 0.4) is 0 Å². The van der Waals surface area contributed by atoms with Crippen molar-refractivity contribution in [1.82, 2.24) is 4.90 Å². The summed E-state index contributed by atoms with van der Waals surface area (Å²) in [5, 5.41) is 8.72. The first-order valence-electron chi connectivity index (χ1n) is 4.17. The van der Waals surface area contributed by atoms with Crippen LogP contribution in [-0.4, -0.2) is 41.4 Å². The molecule has 2 aliphatic rings. The van der Waals surface area contributed by atoms with E-state index in [2.05, 4.69) is 0 Å². The second kappa shape index (κ2) is 3.36. The molecule has 0 aliphatic carbocycles. The highest BCUT2D eigenvalue weighted by Gasteiger charge is 2.41. The Morgan fingerprint density at radius 1 is 1.46 bits per heavy atom. The van der Waals surface area contributed by atoms with Gasteiger partial charge in [-0.1, -0.05) is 0 Å². The predicted octanol–water partition coefficient (Wildman–Crippen LogP) is 1.11. The van der Waals surface area contributed by atoms with Crippen LogP contribution in [0.4, 0.5) is 4.79 Å². The second-order valence-electron chi connectivity index (χ2n) is 3.37. The van der Waals surface area contributed by atoms with E-state index in [-0.39, 0.29) is 5.60 Å². The van der Waals surface area contributed by atoms with Gasteiger partial charge in [0.15, 0.2) is 12.3 Å². The summed E-state index contributed by atoms with van der Waals surface area (Å²) in [7, 11) is 0. The molecule has 2 heterocycles. The SMILES string of the molecule is O=C(O)N1CCC2(CC1)COSO2. The molecule has 1 spiro atoms. The number of hydrogen-bond acceptors (Lipinski definition) is 4. The lowest BCUT2D eigenvalue weighted by Crippen LogP contribution is -2.47. The molecule has 0 aromatic rings. The average Bonchev–Trinajstić information content (AvgIpc) is 2.54. The summed E-state index contributed by atoms with van der Waals surface area (Å²) in [5.74, 6) is 0. The third-order valence-corrected chi connectivity index (χ3v) is 3.16. The Labute approximate surface area is 80.4 Å². The van der Waals surface area contributed by atoms with E-state index in [1.807, 2.05) is 0 Å². The largest absolute Gasteiger partial charge is 0.465 e. The van der Waals surface area contributed by atoms with Crippen molar-refractivity contribution in [1.29, 1.82) is 0 Å². The number of hydrogen-bond donors (Lipinski definition) is 1. The lowest BCUT2D eigenvalue weighted by Gasteiger charge is -2.34. The first kappa shape index (κ1) is 9.11. The molecule has 0 radical (unpaired) electrons. The highest BCUT2D eigenvalue weighted by Crippen LogP contribution is 2.37. The summed E-state index contributed by atoms with van der Waals surface area (Å²) in [5.41, 5.74) is -0.226. The number of rotatable bonds is 0. The van der Waals surface area contributed by atoms with Crippen molar-refractivity contribution in [2.75, 3.05) is 19.7 Å². The monoisotopic (exact) mass is 205 g/mol. The quantitative estimate of drug-likeness (QED) is 0.600. The number of piperidine rings is 1. The van der Waals surface area contributed by atoms with Crippen LogP contribution in [0.5, 0.6) is 0 Å². The third-order valence-electron chi connectivity index (χ3n) is 2.53. The van der Waals surface area contributed by atoms with Gasteiger partial charge in [0.2, 0.25) is 0 Å². The van der Waals surface area contributed by atoms with E-state index in [0.717, 1.165) is 25.2 Å². The van der Waals surface area contributed by atoms with Gasteiger partial charge in [-0.2, -0.15) is 0 Å². The van der Waals surface area contributed by atoms with Gasteiger partial charge in [0, 0.05) is 13.1 Å². The molecule has 0 saturated carbocycles. The van der Waals surface area contributed by atoms with Gasteiger partial charge in [-0.3, -0.25) is 8.37 Å². The smallest absolute Gasteiger partial charge is 0.407 e. The molecule has 0 atom stereocenters. The highest BCUT2D eigenvalue weighted by molar-refractivity contribution is 7.90. The standard InChI is InChI=1S/C7H11NO4S/c9-6(10)8-3-1-7(2-4-8)5-11-13-12-7/h1-5H2,(H,9,10). The van der Waals surface area contributed by atoms with Crippen LogP contribution in [0, 0.1) is 0 Å². The summed E-state index contributed by atoms with van der Waals surface area (Å²) in [4.78, 5) is 12.0. The zero-order valence-electron chi connectivity index (χ0n) is 7.06. The van der Waals surface area contributed by atoms with Crippen molar-refractivity contribution in [2.45, 2.75) is 18.4 Å². The fourth-order valence-corrected chi connectivity index (χ4v) is 2.26. The zero-order chi connectivity index (χ0) is 9.31. The second-order valence-corrected chi connectivity index (χ2v) is 3.90. The Kier molecular flexibility index (Phi) is 2.35. The Bertz CT molecular complexity index is 207. The lowest BCUT2D eigenvalue weighted by atomic mass is 9.93. The lowest BCUT2D eigenvalue weighted by molar-refractivity contribution is 0.0252. The van der Waals surface area contributed by atoms with Crippen molar-refractivity contribution in [2.24, 2.45) is 0 Å². The predicted molar refractivity (Wildman–Crippen MR) is 46.2 cm³/mol. The maximum atomic E-state index is 10.6. The normalized spacial score (nSPS) is 26.6. The molecule has 13 heavy (non-hydrogen) atoms. The number of amides is 1. The van der Waals surface area contributed by atoms with E-state index in [9.17, 15) is 4.79 Å². The van der Waals surface area contributed by atoms with Crippen molar-refractivity contribution < 1.29 is 18.3 Å². The number of carbonyl (C=O) groups is 1. The molecule has 0 aromatic carbocycles. The molecule has 0 aromatic heterocycles. The van der Waals surface area contributed by atoms with Crippen LogP contribution in [0.25, 0.3) is 0 Å². The molecule has 1 N–H and O–H groups in total. The minimum atomic E-state index is -0.846. The van der Waals surface area contributed by atoms with E-state index in [0.29, 0.717) is 19.7 Å². The van der Waals surface area contributed by atoms with E-state index < -0.39 is 6.09 Å². The van der Waals surface area contributed by atoms with Crippen molar-refractivity contribution in [3.05, 3.63) is 0 Å². The van der Waals surface area contributed by atoms with Crippen molar-refractivity contribution in [3.8, 4) is 0 Å². The maximum Gasteiger partial charge on any atom is 0.407 e. The van der Waals surface area contributed by atoms with Gasteiger partial charge in [0.25, 0.3) is 0 Å². The Balaban J connectivity index is 1.91. The highest BCUT2D eigenvalue weighted by atomic mass is 32.2. The Morgan fingerprint density at radius 2 is 2.15 bits per heavy atom. The molecular formula is C7H11NO4S. The fraction of sp³-hybridized carbons (Fsp3) is 0.857. The molecule has 2 aliphatic heterocycles. The Morgan fingerprint density at radius 3 is 2.62 bits per heavy atom. The zero-order valence-corrected chi connectivity index (χ0v) is 7.88. The van der Waals surface area contributed by atoms with Crippen molar-refractivity contribution >= 4 is 18.4 Å². The molecule has 2 saturated heterocycles. The van der Waals surface area contributed by atoms with E-state index >= 15 is 0 Å². The summed E-state index contributed by atoms with van der Waals surface area (Å²) in [6.45, 7) is 1.66. The number of nitrogens with zero attached hydrogens (tertiary/aromatic N) is 1. The summed E-state index contributed by atoms with van der Waals surface area (Å²) in [6.07, 6.45) is 0.611. The molecule has 1 amide bonds. The van der Waals surface area contributed by atoms with Crippen LogP contribution in [0.2, 0.25) is 0 Å². The van der Waals surface area contributed by atoms with Gasteiger partial charge in [-0.15, -0.1) is 0 Å². The molecule has 2 fully saturated rings. The molecule has 74 valence electrons. The maximum absolute atomic E-state index is 10.6. The molecular weight excluding hydrogens is 194 g/mol. The Hall–Kier alpha value is -0.460. The summed E-state index contributed by atoms with van der Waals surface area (Å²) >= 11 is 1.02. The van der Waals surface area contributed by atoms with Gasteiger partial charge in [0.05, 0.1) is 6.61 Å². The van der Waals surface area contributed by atoms with E-state index in [4.69, 9.17) is 13.5 Å². The number of likely N-dealkylation sites (tertiary alicyclic amines) is 1. The molecule has 5 nitrogen and oxygen atoms in total. The van der Waals surface area contributed by atoms with Gasteiger partial charge in [0.1, 0.15) is 5.60 Å². The van der Waals surface area contributed by atoms with Crippen LogP contribution in [0.1, 0.15) is 12.8 Å². The van der Waals surface area contributed by atoms with Crippen LogP contribution < -0.4 is 0 Å². The molecule has 0 bridgehead atoms. The minimum absolute atomic E-state index is 0.226.